The Morgan fingerprint density at radius 3 is 2.84 bits per heavy atom. The third kappa shape index (κ3) is 3.29. The zero-order chi connectivity index (χ0) is 13.2. The average Bonchev–Trinajstić information content (AvgIpc) is 3.25. The summed E-state index contributed by atoms with van der Waals surface area (Å²) in [5, 5.41) is 3.52. The lowest BCUT2D eigenvalue weighted by molar-refractivity contribution is 0.375. The first-order valence-corrected chi connectivity index (χ1v) is 8.14. The Balaban J connectivity index is 1.74. The van der Waals surface area contributed by atoms with Crippen molar-refractivity contribution in [3.63, 3.8) is 0 Å². The van der Waals surface area contributed by atoms with Crippen molar-refractivity contribution >= 4 is 21.7 Å². The van der Waals surface area contributed by atoms with Crippen LogP contribution in [0.5, 0.6) is 0 Å². The maximum Gasteiger partial charge on any atom is 0.129 e. The Kier molecular flexibility index (Phi) is 4.08. The Labute approximate surface area is 123 Å². The molecule has 3 rings (SSSR count). The van der Waals surface area contributed by atoms with Gasteiger partial charge in [-0.25, -0.2) is 4.98 Å². The number of rotatable bonds is 4. The molecule has 0 bridgehead atoms. The van der Waals surface area contributed by atoms with Crippen molar-refractivity contribution in [2.75, 3.05) is 24.5 Å². The van der Waals surface area contributed by atoms with Gasteiger partial charge >= 0.3 is 0 Å². The van der Waals surface area contributed by atoms with Crippen LogP contribution in [0.2, 0.25) is 0 Å². The molecule has 1 aromatic heterocycles. The van der Waals surface area contributed by atoms with E-state index in [4.69, 9.17) is 4.98 Å². The predicted octanol–water partition coefficient (Wildman–Crippen LogP) is 3.12. The molecular weight excluding hydrogens is 302 g/mol. The topological polar surface area (TPSA) is 28.2 Å². The van der Waals surface area contributed by atoms with Crippen LogP contribution in [0.4, 0.5) is 5.82 Å². The van der Waals surface area contributed by atoms with Crippen LogP contribution in [-0.4, -0.2) is 30.7 Å². The van der Waals surface area contributed by atoms with Crippen molar-refractivity contribution < 1.29 is 0 Å². The van der Waals surface area contributed by atoms with Crippen LogP contribution in [0, 0.1) is 12.8 Å². The summed E-state index contributed by atoms with van der Waals surface area (Å²) in [4.78, 5) is 7.30. The van der Waals surface area contributed by atoms with Crippen molar-refractivity contribution in [3.8, 4) is 0 Å². The highest BCUT2D eigenvalue weighted by Gasteiger charge is 2.32. The Morgan fingerprint density at radius 2 is 2.21 bits per heavy atom. The molecule has 0 spiro atoms. The molecule has 0 amide bonds. The van der Waals surface area contributed by atoms with Gasteiger partial charge in [0, 0.05) is 17.1 Å². The fourth-order valence-corrected chi connectivity index (χ4v) is 3.09. The summed E-state index contributed by atoms with van der Waals surface area (Å²) in [5.74, 6) is 1.94. The van der Waals surface area contributed by atoms with Gasteiger partial charge in [0.1, 0.15) is 5.82 Å². The van der Waals surface area contributed by atoms with Crippen LogP contribution in [0.3, 0.4) is 0 Å². The van der Waals surface area contributed by atoms with Gasteiger partial charge in [0.05, 0.1) is 5.69 Å². The summed E-state index contributed by atoms with van der Waals surface area (Å²) >= 11 is 3.54. The third-order valence-electron chi connectivity index (χ3n) is 4.14. The van der Waals surface area contributed by atoms with E-state index >= 15 is 0 Å². The lowest BCUT2D eigenvalue weighted by Crippen LogP contribution is -2.39. The molecule has 1 aliphatic carbocycles. The molecule has 2 aliphatic rings. The molecule has 1 saturated heterocycles. The summed E-state index contributed by atoms with van der Waals surface area (Å²) in [6.07, 6.45) is 5.33. The van der Waals surface area contributed by atoms with Gasteiger partial charge in [-0.05, 0) is 79.7 Å². The fraction of sp³-hybridized carbons (Fsp3) is 0.667. The van der Waals surface area contributed by atoms with Gasteiger partial charge in [-0.1, -0.05) is 0 Å². The van der Waals surface area contributed by atoms with Crippen LogP contribution in [0.25, 0.3) is 0 Å². The van der Waals surface area contributed by atoms with Gasteiger partial charge in [-0.3, -0.25) is 0 Å². The number of nitrogens with zero attached hydrogens (tertiary/aromatic N) is 2. The zero-order valence-corrected chi connectivity index (χ0v) is 13.1. The van der Waals surface area contributed by atoms with Gasteiger partial charge in [0.2, 0.25) is 0 Å². The van der Waals surface area contributed by atoms with Gasteiger partial charge < -0.3 is 10.2 Å². The van der Waals surface area contributed by atoms with E-state index in [0.29, 0.717) is 0 Å². The quantitative estimate of drug-likeness (QED) is 0.922. The maximum absolute atomic E-state index is 4.76. The molecule has 0 radical (unpaired) electrons. The highest BCUT2D eigenvalue weighted by Crippen LogP contribution is 2.33. The number of pyridine rings is 1. The van der Waals surface area contributed by atoms with E-state index in [0.717, 1.165) is 34.5 Å². The molecule has 1 N–H and O–H groups in total. The Morgan fingerprint density at radius 1 is 1.37 bits per heavy atom. The lowest BCUT2D eigenvalue weighted by Gasteiger charge is -2.31. The molecule has 4 heteroatoms. The average molecular weight is 324 g/mol. The van der Waals surface area contributed by atoms with Crippen molar-refractivity contribution in [3.05, 3.63) is 22.3 Å². The fourth-order valence-electron chi connectivity index (χ4n) is 2.86. The molecule has 1 aliphatic heterocycles. The number of aromatic nitrogens is 1. The molecule has 104 valence electrons. The number of nitrogens with one attached hydrogen (secondary N) is 1. The van der Waals surface area contributed by atoms with Crippen molar-refractivity contribution in [2.45, 2.75) is 38.6 Å². The normalized spacial score (nSPS) is 23.4. The van der Waals surface area contributed by atoms with E-state index in [1.165, 1.54) is 38.8 Å². The molecule has 1 saturated carbocycles. The number of piperidine rings is 1. The number of aryl methyl sites for hydroxylation is 1. The molecule has 2 heterocycles. The van der Waals surface area contributed by atoms with E-state index < -0.39 is 0 Å². The summed E-state index contributed by atoms with van der Waals surface area (Å²) in [6.45, 7) is 5.58. The second-order valence-corrected chi connectivity index (χ2v) is 6.69. The van der Waals surface area contributed by atoms with Gasteiger partial charge in [0.25, 0.3) is 0 Å². The zero-order valence-electron chi connectivity index (χ0n) is 11.5. The molecule has 1 aromatic rings. The first-order valence-electron chi connectivity index (χ1n) is 7.34. The molecule has 2 fully saturated rings. The van der Waals surface area contributed by atoms with Crippen LogP contribution in [0.1, 0.15) is 31.4 Å². The maximum atomic E-state index is 4.76. The monoisotopic (exact) mass is 323 g/mol. The molecule has 0 aromatic carbocycles. The Bertz CT molecular complexity index is 439. The summed E-state index contributed by atoms with van der Waals surface area (Å²) in [7, 11) is 0. The van der Waals surface area contributed by atoms with E-state index in [9.17, 15) is 0 Å². The van der Waals surface area contributed by atoms with E-state index in [2.05, 4.69) is 45.2 Å². The van der Waals surface area contributed by atoms with Crippen LogP contribution < -0.4 is 10.2 Å². The number of hydrogen-bond donors (Lipinski definition) is 1. The van der Waals surface area contributed by atoms with Crippen LogP contribution in [-0.2, 0) is 0 Å². The van der Waals surface area contributed by atoms with Crippen molar-refractivity contribution in [1.82, 2.24) is 10.3 Å². The minimum absolute atomic E-state index is 0.731. The molecule has 1 unspecified atom stereocenters. The van der Waals surface area contributed by atoms with Crippen LogP contribution >= 0.6 is 15.9 Å². The minimum atomic E-state index is 0.731. The first-order chi connectivity index (χ1) is 9.24. The molecule has 19 heavy (non-hydrogen) atoms. The van der Waals surface area contributed by atoms with E-state index in [-0.39, 0.29) is 0 Å². The SMILES string of the molecule is Cc1nc(N(CC2CCCNC2)C2CC2)ccc1Br. The van der Waals surface area contributed by atoms with Crippen LogP contribution in [0.15, 0.2) is 16.6 Å². The van der Waals surface area contributed by atoms with E-state index in [1.54, 1.807) is 0 Å². The molecule has 3 nitrogen and oxygen atoms in total. The summed E-state index contributed by atoms with van der Waals surface area (Å²) < 4.78 is 1.10. The highest BCUT2D eigenvalue weighted by molar-refractivity contribution is 9.10. The second kappa shape index (κ2) is 5.80. The van der Waals surface area contributed by atoms with Gasteiger partial charge in [0.15, 0.2) is 0 Å². The van der Waals surface area contributed by atoms with Gasteiger partial charge in [-0.15, -0.1) is 0 Å². The third-order valence-corrected chi connectivity index (χ3v) is 4.98. The second-order valence-electron chi connectivity index (χ2n) is 5.83. The predicted molar refractivity (Wildman–Crippen MR) is 82.6 cm³/mol. The first kappa shape index (κ1) is 13.4. The minimum Gasteiger partial charge on any atom is -0.353 e. The number of hydrogen-bond acceptors (Lipinski definition) is 3. The smallest absolute Gasteiger partial charge is 0.129 e. The highest BCUT2D eigenvalue weighted by atomic mass is 79.9. The van der Waals surface area contributed by atoms with Gasteiger partial charge in [-0.2, -0.15) is 0 Å². The molecular formula is C15H22BrN3. The summed E-state index contributed by atoms with van der Waals surface area (Å²) in [6, 6.07) is 5.02. The largest absolute Gasteiger partial charge is 0.353 e. The number of halogens is 1. The summed E-state index contributed by atoms with van der Waals surface area (Å²) in [5.41, 5.74) is 1.09. The Hall–Kier alpha value is -0.610. The standard InChI is InChI=1S/C15H22BrN3/c1-11-14(16)6-7-15(18-11)19(13-4-5-13)10-12-3-2-8-17-9-12/h6-7,12-13,17H,2-5,8-10H2,1H3. The lowest BCUT2D eigenvalue weighted by atomic mass is 9.99. The number of anilines is 1. The molecule has 1 atom stereocenters. The van der Waals surface area contributed by atoms with Crippen molar-refractivity contribution in [1.29, 1.82) is 0 Å². The van der Waals surface area contributed by atoms with E-state index in [1.807, 2.05) is 0 Å². The van der Waals surface area contributed by atoms with Crippen molar-refractivity contribution in [2.24, 2.45) is 5.92 Å².